The van der Waals surface area contributed by atoms with E-state index >= 15 is 0 Å². The molecule has 3 N–H and O–H groups in total. The van der Waals surface area contributed by atoms with Crippen molar-refractivity contribution in [1.82, 2.24) is 13.6 Å². The molecular formula is C7H8N4O4S. The van der Waals surface area contributed by atoms with Crippen molar-refractivity contribution in [3.05, 3.63) is 11.9 Å². The summed E-state index contributed by atoms with van der Waals surface area (Å²) < 4.78 is 7.25. The number of nitrogens with zero attached hydrogens (tertiary/aromatic N) is 3. The molecule has 1 aromatic rings. The maximum atomic E-state index is 11.6. The molecule has 0 aliphatic rings. The first-order valence-corrected chi connectivity index (χ1v) is 4.80. The molecular weight excluding hydrogens is 236 g/mol. The van der Waals surface area contributed by atoms with Gasteiger partial charge >= 0.3 is 5.97 Å². The molecule has 0 spiro atoms. The molecule has 0 saturated heterocycles. The fraction of sp³-hybridized carbons (Fsp3) is 0.286. The molecule has 0 radical (unpaired) electrons. The number of hydrogen-bond acceptors (Lipinski definition) is 6. The fourth-order valence-electron chi connectivity index (χ4n) is 0.972. The first-order valence-electron chi connectivity index (χ1n) is 4.07. The lowest BCUT2D eigenvalue weighted by Crippen LogP contribution is -2.41. The summed E-state index contributed by atoms with van der Waals surface area (Å²) in [6.45, 7) is -1.08. The Hall–Kier alpha value is -2.03. The third kappa shape index (κ3) is 3.28. The molecule has 0 aliphatic carbocycles. The highest BCUT2D eigenvalue weighted by Crippen LogP contribution is 2.02. The van der Waals surface area contributed by atoms with Crippen molar-refractivity contribution >= 4 is 29.5 Å². The van der Waals surface area contributed by atoms with Gasteiger partial charge in [0.2, 0.25) is 5.91 Å². The Bertz CT molecular complexity index is 389. The van der Waals surface area contributed by atoms with Crippen LogP contribution in [0.25, 0.3) is 0 Å². The number of rotatable bonds is 5. The average molecular weight is 244 g/mol. The lowest BCUT2D eigenvalue weighted by atomic mass is 10.3. The van der Waals surface area contributed by atoms with E-state index in [1.54, 1.807) is 0 Å². The summed E-state index contributed by atoms with van der Waals surface area (Å²) in [5, 5.41) is 8.56. The quantitative estimate of drug-likeness (QED) is 0.652. The number of carboxylic acids is 1. The lowest BCUT2D eigenvalue weighted by molar-refractivity contribution is -0.138. The van der Waals surface area contributed by atoms with Crippen LogP contribution in [0.5, 0.6) is 0 Å². The minimum atomic E-state index is -1.24. The number of carbonyl (C=O) groups excluding carboxylic acids is 2. The molecule has 0 unspecified atom stereocenters. The number of primary amides is 1. The second kappa shape index (κ2) is 5.16. The van der Waals surface area contributed by atoms with Crippen molar-refractivity contribution in [3.8, 4) is 0 Å². The summed E-state index contributed by atoms with van der Waals surface area (Å²) in [7, 11) is 0. The zero-order valence-electron chi connectivity index (χ0n) is 7.99. The van der Waals surface area contributed by atoms with Gasteiger partial charge in [0.05, 0.1) is 17.9 Å². The number of carboxylic acid groups (broad SMARTS) is 1. The van der Waals surface area contributed by atoms with E-state index in [9.17, 15) is 14.4 Å². The van der Waals surface area contributed by atoms with Crippen molar-refractivity contribution in [2.75, 3.05) is 13.1 Å². The molecule has 0 aliphatic heterocycles. The van der Waals surface area contributed by atoms with Crippen molar-refractivity contribution in [2.45, 2.75) is 0 Å². The fourth-order valence-corrected chi connectivity index (χ4v) is 1.38. The van der Waals surface area contributed by atoms with E-state index < -0.39 is 30.9 Å². The van der Waals surface area contributed by atoms with E-state index in [0.717, 1.165) is 16.6 Å². The van der Waals surface area contributed by atoms with E-state index in [1.165, 1.54) is 6.20 Å². The van der Waals surface area contributed by atoms with E-state index in [1.807, 2.05) is 0 Å². The third-order valence-corrected chi connectivity index (χ3v) is 2.02. The predicted octanol–water partition coefficient (Wildman–Crippen LogP) is -1.45. The topological polar surface area (TPSA) is 126 Å². The van der Waals surface area contributed by atoms with Crippen LogP contribution in [0.15, 0.2) is 6.20 Å². The van der Waals surface area contributed by atoms with Gasteiger partial charge in [0.15, 0.2) is 5.69 Å². The van der Waals surface area contributed by atoms with Gasteiger partial charge in [0.1, 0.15) is 13.1 Å². The molecule has 9 heteroatoms. The van der Waals surface area contributed by atoms with E-state index in [2.05, 4.69) is 8.75 Å². The zero-order valence-corrected chi connectivity index (χ0v) is 8.81. The minimum absolute atomic E-state index is 0.00694. The third-order valence-electron chi connectivity index (χ3n) is 1.54. The Morgan fingerprint density at radius 1 is 1.44 bits per heavy atom. The average Bonchev–Trinajstić information content (AvgIpc) is 2.66. The van der Waals surface area contributed by atoms with Gasteiger partial charge in [-0.2, -0.15) is 8.75 Å². The lowest BCUT2D eigenvalue weighted by Gasteiger charge is -2.17. The van der Waals surface area contributed by atoms with Crippen molar-refractivity contribution < 1.29 is 19.5 Å². The zero-order chi connectivity index (χ0) is 12.1. The summed E-state index contributed by atoms with van der Waals surface area (Å²) in [5.41, 5.74) is 4.89. The van der Waals surface area contributed by atoms with Crippen molar-refractivity contribution in [2.24, 2.45) is 5.73 Å². The maximum absolute atomic E-state index is 11.6. The molecule has 0 atom stereocenters. The summed E-state index contributed by atoms with van der Waals surface area (Å²) in [6.07, 6.45) is 1.20. The Morgan fingerprint density at radius 3 is 2.56 bits per heavy atom. The Morgan fingerprint density at radius 2 is 2.12 bits per heavy atom. The molecule has 0 fully saturated rings. The van der Waals surface area contributed by atoms with Gasteiger partial charge in [-0.3, -0.25) is 14.4 Å². The van der Waals surface area contributed by atoms with Crippen molar-refractivity contribution in [3.63, 3.8) is 0 Å². The number of amides is 2. The molecule has 16 heavy (non-hydrogen) atoms. The van der Waals surface area contributed by atoms with Gasteiger partial charge in [-0.25, -0.2) is 0 Å². The number of nitrogens with two attached hydrogens (primary N) is 1. The first kappa shape index (κ1) is 12.0. The van der Waals surface area contributed by atoms with E-state index in [4.69, 9.17) is 10.8 Å². The highest BCUT2D eigenvalue weighted by atomic mass is 32.1. The van der Waals surface area contributed by atoms with Gasteiger partial charge in [0.25, 0.3) is 5.91 Å². The number of carbonyl (C=O) groups is 3. The van der Waals surface area contributed by atoms with E-state index in [-0.39, 0.29) is 5.69 Å². The second-order valence-corrected chi connectivity index (χ2v) is 3.37. The summed E-state index contributed by atoms with van der Waals surface area (Å²) >= 11 is 0.812. The molecule has 1 aromatic heterocycles. The van der Waals surface area contributed by atoms with Gasteiger partial charge in [0, 0.05) is 0 Å². The molecule has 86 valence electrons. The Balaban J connectivity index is 2.79. The molecule has 2 amide bonds. The molecule has 0 bridgehead atoms. The number of aromatic nitrogens is 2. The van der Waals surface area contributed by atoms with Gasteiger partial charge in [-0.15, -0.1) is 0 Å². The normalized spacial score (nSPS) is 9.75. The van der Waals surface area contributed by atoms with Crippen LogP contribution in [0.4, 0.5) is 0 Å². The van der Waals surface area contributed by atoms with Crippen LogP contribution in [0.3, 0.4) is 0 Å². The molecule has 0 aromatic carbocycles. The second-order valence-electron chi connectivity index (χ2n) is 2.81. The predicted molar refractivity (Wildman–Crippen MR) is 52.6 cm³/mol. The number of aliphatic carboxylic acids is 1. The molecule has 0 saturated carbocycles. The molecule has 8 nitrogen and oxygen atoms in total. The van der Waals surface area contributed by atoms with Gasteiger partial charge in [-0.05, 0) is 0 Å². The highest BCUT2D eigenvalue weighted by molar-refractivity contribution is 6.99. The highest BCUT2D eigenvalue weighted by Gasteiger charge is 2.21. The summed E-state index contributed by atoms with van der Waals surface area (Å²) in [5.74, 6) is -2.72. The van der Waals surface area contributed by atoms with Crippen LogP contribution in [-0.2, 0) is 9.59 Å². The van der Waals surface area contributed by atoms with Crippen LogP contribution in [0.1, 0.15) is 10.5 Å². The van der Waals surface area contributed by atoms with Gasteiger partial charge in [-0.1, -0.05) is 0 Å². The van der Waals surface area contributed by atoms with Crippen molar-refractivity contribution in [1.29, 1.82) is 0 Å². The Kier molecular flexibility index (Phi) is 3.89. The molecule has 1 rings (SSSR count). The van der Waals surface area contributed by atoms with Crippen LogP contribution in [-0.4, -0.2) is 49.6 Å². The SMILES string of the molecule is NC(=O)CN(CC(=O)O)C(=O)c1cnsn1. The van der Waals surface area contributed by atoms with Crippen LogP contribution in [0.2, 0.25) is 0 Å². The summed E-state index contributed by atoms with van der Waals surface area (Å²) in [4.78, 5) is 33.6. The smallest absolute Gasteiger partial charge is 0.323 e. The number of hydrogen-bond donors (Lipinski definition) is 2. The van der Waals surface area contributed by atoms with Gasteiger partial charge < -0.3 is 15.7 Å². The molecule has 1 heterocycles. The van der Waals surface area contributed by atoms with Crippen LogP contribution in [0, 0.1) is 0 Å². The maximum Gasteiger partial charge on any atom is 0.323 e. The first-order chi connectivity index (χ1) is 7.50. The minimum Gasteiger partial charge on any atom is -0.480 e. The summed E-state index contributed by atoms with van der Waals surface area (Å²) in [6, 6.07) is 0. The Labute approximate surface area is 94.0 Å². The monoisotopic (exact) mass is 244 g/mol. The van der Waals surface area contributed by atoms with Crippen LogP contribution >= 0.6 is 11.7 Å². The largest absolute Gasteiger partial charge is 0.480 e. The van der Waals surface area contributed by atoms with Crippen LogP contribution < -0.4 is 5.73 Å². The standard InChI is InChI=1S/C7H8N4O4S/c8-5(12)2-11(3-6(13)14)7(15)4-1-9-16-10-4/h1H,2-3H2,(H2,8,12)(H,13,14). The van der Waals surface area contributed by atoms with E-state index in [0.29, 0.717) is 0 Å².